The van der Waals surface area contributed by atoms with Crippen molar-refractivity contribution < 1.29 is 23.5 Å². The molecular formula is C21H16F2N2O3S. The summed E-state index contributed by atoms with van der Waals surface area (Å²) in [4.78, 5) is 25.5. The van der Waals surface area contributed by atoms with Gasteiger partial charge in [0.15, 0.2) is 0 Å². The topological polar surface area (TPSA) is 78.4 Å². The Morgan fingerprint density at radius 3 is 2.17 bits per heavy atom. The van der Waals surface area contributed by atoms with Gasteiger partial charge >= 0.3 is 0 Å². The lowest BCUT2D eigenvalue weighted by molar-refractivity contribution is 0.101. The molecule has 3 aromatic carbocycles. The molecule has 0 unspecified atom stereocenters. The lowest BCUT2D eigenvalue weighted by Gasteiger charge is -2.10. The van der Waals surface area contributed by atoms with Gasteiger partial charge in [-0.05, 0) is 48.7 Å². The Balaban J connectivity index is 1.73. The molecule has 0 aliphatic heterocycles. The minimum absolute atomic E-state index is 0.00866. The number of aromatic hydroxyl groups is 1. The number of phenolic OH excluding ortho intramolecular Hbond substituents is 1. The van der Waals surface area contributed by atoms with E-state index >= 15 is 0 Å². The van der Waals surface area contributed by atoms with Crippen LogP contribution >= 0.6 is 11.8 Å². The van der Waals surface area contributed by atoms with Gasteiger partial charge in [0.25, 0.3) is 11.8 Å². The molecule has 0 bridgehead atoms. The van der Waals surface area contributed by atoms with Crippen LogP contribution in [0.15, 0.2) is 65.6 Å². The molecule has 29 heavy (non-hydrogen) atoms. The zero-order valence-electron chi connectivity index (χ0n) is 15.2. The summed E-state index contributed by atoms with van der Waals surface area (Å²) in [6, 6.07) is 13.6. The fourth-order valence-corrected chi connectivity index (χ4v) is 3.05. The van der Waals surface area contributed by atoms with Gasteiger partial charge in [0.05, 0.1) is 5.56 Å². The Morgan fingerprint density at radius 1 is 0.862 bits per heavy atom. The Labute approximate surface area is 169 Å². The van der Waals surface area contributed by atoms with E-state index in [1.807, 2.05) is 12.3 Å². The number of benzene rings is 3. The molecule has 8 heteroatoms. The van der Waals surface area contributed by atoms with Gasteiger partial charge in [-0.15, -0.1) is 11.8 Å². The highest BCUT2D eigenvalue weighted by Gasteiger charge is 2.14. The Morgan fingerprint density at radius 2 is 1.52 bits per heavy atom. The van der Waals surface area contributed by atoms with Crippen molar-refractivity contribution in [3.8, 4) is 5.75 Å². The average Bonchev–Trinajstić information content (AvgIpc) is 2.67. The highest BCUT2D eigenvalue weighted by atomic mass is 32.2. The van der Waals surface area contributed by atoms with E-state index in [0.717, 1.165) is 17.0 Å². The summed E-state index contributed by atoms with van der Waals surface area (Å²) in [5, 5.41) is 15.3. The fourth-order valence-electron chi connectivity index (χ4n) is 2.59. The molecule has 0 heterocycles. The molecule has 0 saturated heterocycles. The van der Waals surface area contributed by atoms with Crippen molar-refractivity contribution >= 4 is 35.0 Å². The highest BCUT2D eigenvalue weighted by molar-refractivity contribution is 7.98. The van der Waals surface area contributed by atoms with Crippen LogP contribution in [-0.4, -0.2) is 23.2 Å². The minimum atomic E-state index is -0.879. The monoisotopic (exact) mass is 414 g/mol. The second kappa shape index (κ2) is 8.74. The van der Waals surface area contributed by atoms with Crippen LogP contribution in [0, 0.1) is 11.6 Å². The number of rotatable bonds is 5. The molecular weight excluding hydrogens is 398 g/mol. The predicted molar refractivity (Wildman–Crippen MR) is 109 cm³/mol. The first-order valence-corrected chi connectivity index (χ1v) is 9.64. The second-order valence-corrected chi connectivity index (χ2v) is 6.91. The van der Waals surface area contributed by atoms with Crippen LogP contribution in [0.2, 0.25) is 0 Å². The van der Waals surface area contributed by atoms with Crippen LogP contribution in [-0.2, 0) is 0 Å². The molecule has 0 aliphatic rings. The minimum Gasteiger partial charge on any atom is -0.507 e. The Hall–Kier alpha value is -3.39. The van der Waals surface area contributed by atoms with Gasteiger partial charge in [-0.3, -0.25) is 9.59 Å². The van der Waals surface area contributed by atoms with E-state index in [1.165, 1.54) is 30.0 Å². The van der Waals surface area contributed by atoms with Crippen LogP contribution in [0.25, 0.3) is 0 Å². The van der Waals surface area contributed by atoms with E-state index in [0.29, 0.717) is 11.8 Å². The molecule has 3 N–H and O–H groups in total. The first kappa shape index (κ1) is 20.3. The van der Waals surface area contributed by atoms with E-state index in [-0.39, 0.29) is 22.6 Å². The predicted octanol–water partition coefficient (Wildman–Crippen LogP) is 4.90. The van der Waals surface area contributed by atoms with Crippen LogP contribution < -0.4 is 10.6 Å². The third-order valence-electron chi connectivity index (χ3n) is 3.95. The van der Waals surface area contributed by atoms with Gasteiger partial charge in [-0.25, -0.2) is 8.78 Å². The number of hydrogen-bond donors (Lipinski definition) is 3. The summed E-state index contributed by atoms with van der Waals surface area (Å²) in [5.41, 5.74) is 0.539. The maximum atomic E-state index is 13.3. The van der Waals surface area contributed by atoms with Crippen molar-refractivity contribution in [3.63, 3.8) is 0 Å². The molecule has 0 saturated carbocycles. The van der Waals surface area contributed by atoms with Gasteiger partial charge in [-0.1, -0.05) is 6.07 Å². The summed E-state index contributed by atoms with van der Waals surface area (Å²) < 4.78 is 26.5. The lowest BCUT2D eigenvalue weighted by atomic mass is 10.1. The number of carbonyl (C=O) groups is 2. The number of phenols is 1. The number of hydrogen-bond acceptors (Lipinski definition) is 4. The highest BCUT2D eigenvalue weighted by Crippen LogP contribution is 2.25. The summed E-state index contributed by atoms with van der Waals surface area (Å²) in [6.45, 7) is 0. The number of anilines is 2. The van der Waals surface area contributed by atoms with E-state index in [9.17, 15) is 23.5 Å². The standard InChI is InChI=1S/C21H16F2N2O3S/c1-29-17-4-2-3-15(10-17)25-21(28)18-6-5-16(11-19(18)26)24-20(27)12-7-13(22)9-14(23)8-12/h2-11,26H,1H3,(H,24,27)(H,25,28). The number of carbonyl (C=O) groups excluding carboxylic acids is 2. The number of halogens is 2. The first-order chi connectivity index (χ1) is 13.9. The van der Waals surface area contributed by atoms with Crippen molar-refractivity contribution in [3.05, 3.63) is 83.4 Å². The third-order valence-corrected chi connectivity index (χ3v) is 4.68. The Kier molecular flexibility index (Phi) is 6.13. The van der Waals surface area contributed by atoms with Gasteiger partial charge in [0.1, 0.15) is 17.4 Å². The van der Waals surface area contributed by atoms with Gasteiger partial charge < -0.3 is 15.7 Å². The largest absolute Gasteiger partial charge is 0.507 e. The average molecular weight is 414 g/mol. The van der Waals surface area contributed by atoms with E-state index in [1.54, 1.807) is 18.2 Å². The first-order valence-electron chi connectivity index (χ1n) is 8.41. The molecule has 0 aliphatic carbocycles. The third kappa shape index (κ3) is 5.11. The Bertz CT molecular complexity index is 1070. The maximum absolute atomic E-state index is 13.3. The number of thioether (sulfide) groups is 1. The number of nitrogens with one attached hydrogen (secondary N) is 2. The van der Waals surface area contributed by atoms with Crippen LogP contribution in [0.5, 0.6) is 5.75 Å². The second-order valence-electron chi connectivity index (χ2n) is 6.03. The van der Waals surface area contributed by atoms with Crippen LogP contribution in [0.3, 0.4) is 0 Å². The molecule has 0 spiro atoms. The van der Waals surface area contributed by atoms with Crippen molar-refractivity contribution in [1.29, 1.82) is 0 Å². The van der Waals surface area contributed by atoms with Gasteiger partial charge in [-0.2, -0.15) is 0 Å². The lowest BCUT2D eigenvalue weighted by Crippen LogP contribution is -2.14. The summed E-state index contributed by atoms with van der Waals surface area (Å²) in [6.07, 6.45) is 1.91. The van der Waals surface area contributed by atoms with Crippen molar-refractivity contribution in [2.75, 3.05) is 16.9 Å². The molecule has 3 rings (SSSR count). The molecule has 148 valence electrons. The SMILES string of the molecule is CSc1cccc(NC(=O)c2ccc(NC(=O)c3cc(F)cc(F)c3)cc2O)c1. The maximum Gasteiger partial charge on any atom is 0.259 e. The van der Waals surface area contributed by atoms with Gasteiger partial charge in [0, 0.05) is 34.0 Å². The summed E-state index contributed by atoms with van der Waals surface area (Å²) in [5.74, 6) is -3.39. The normalized spacial score (nSPS) is 10.4. The molecule has 0 atom stereocenters. The molecule has 0 fully saturated rings. The molecule has 5 nitrogen and oxygen atoms in total. The van der Waals surface area contributed by atoms with E-state index < -0.39 is 23.4 Å². The van der Waals surface area contributed by atoms with Crippen molar-refractivity contribution in [2.24, 2.45) is 0 Å². The summed E-state index contributed by atoms with van der Waals surface area (Å²) >= 11 is 1.53. The molecule has 2 amide bonds. The van der Waals surface area contributed by atoms with Crippen LogP contribution in [0.1, 0.15) is 20.7 Å². The van der Waals surface area contributed by atoms with Crippen molar-refractivity contribution in [1.82, 2.24) is 0 Å². The zero-order chi connectivity index (χ0) is 21.0. The molecule has 3 aromatic rings. The quantitative estimate of drug-likeness (QED) is 0.519. The molecule has 0 aromatic heterocycles. The van der Waals surface area contributed by atoms with E-state index in [4.69, 9.17) is 0 Å². The number of amides is 2. The smallest absolute Gasteiger partial charge is 0.259 e. The van der Waals surface area contributed by atoms with Crippen LogP contribution in [0.4, 0.5) is 20.2 Å². The zero-order valence-corrected chi connectivity index (χ0v) is 16.0. The summed E-state index contributed by atoms with van der Waals surface area (Å²) in [7, 11) is 0. The molecule has 0 radical (unpaired) electrons. The fraction of sp³-hybridized carbons (Fsp3) is 0.0476. The van der Waals surface area contributed by atoms with Crippen molar-refractivity contribution in [2.45, 2.75) is 4.90 Å². The van der Waals surface area contributed by atoms with E-state index in [2.05, 4.69) is 10.6 Å². The van der Waals surface area contributed by atoms with Gasteiger partial charge in [0.2, 0.25) is 0 Å².